The van der Waals surface area contributed by atoms with Gasteiger partial charge in [0.1, 0.15) is 0 Å². The quantitative estimate of drug-likeness (QED) is 0.679. The van der Waals surface area contributed by atoms with Gasteiger partial charge in [0.05, 0.1) is 11.8 Å². The molecule has 7 heteroatoms. The monoisotopic (exact) mass is 312 g/mol. The lowest BCUT2D eigenvalue weighted by molar-refractivity contribution is -0.137. The van der Waals surface area contributed by atoms with Crippen molar-refractivity contribution in [2.75, 3.05) is 0 Å². The van der Waals surface area contributed by atoms with Crippen LogP contribution in [0.3, 0.4) is 0 Å². The zero-order valence-electron chi connectivity index (χ0n) is 10.9. The van der Waals surface area contributed by atoms with Crippen molar-refractivity contribution in [3.05, 3.63) is 57.3 Å². The minimum atomic E-state index is -4.48. The largest absolute Gasteiger partial charge is 0.416 e. The Labute approximate surface area is 123 Å². The first-order valence-electron chi connectivity index (χ1n) is 5.93. The number of halogens is 3. The maximum absolute atomic E-state index is 12.5. The molecule has 0 saturated carbocycles. The Hall–Kier alpha value is -2.15. The molecule has 3 nitrogen and oxygen atoms in total. The first-order chi connectivity index (χ1) is 9.86. The zero-order valence-corrected chi connectivity index (χ0v) is 11.8. The van der Waals surface area contributed by atoms with Crippen LogP contribution in [0.1, 0.15) is 25.7 Å². The van der Waals surface area contributed by atoms with Crippen molar-refractivity contribution in [2.24, 2.45) is 5.10 Å². The lowest BCUT2D eigenvalue weighted by atomic mass is 10.1. The Morgan fingerprint density at radius 2 is 2.05 bits per heavy atom. The molecule has 0 aliphatic carbocycles. The molecule has 0 unspecified atom stereocenters. The van der Waals surface area contributed by atoms with E-state index in [1.165, 1.54) is 29.7 Å². The van der Waals surface area contributed by atoms with Crippen LogP contribution in [0.4, 0.5) is 13.2 Å². The molecule has 0 bridgehead atoms. The van der Waals surface area contributed by atoms with Crippen LogP contribution in [0.5, 0.6) is 0 Å². The van der Waals surface area contributed by atoms with E-state index in [1.54, 1.807) is 0 Å². The van der Waals surface area contributed by atoms with Gasteiger partial charge in [0.25, 0.3) is 5.91 Å². The van der Waals surface area contributed by atoms with Crippen LogP contribution < -0.4 is 5.43 Å². The molecule has 110 valence electrons. The number of hydrazone groups is 1. The van der Waals surface area contributed by atoms with Gasteiger partial charge >= 0.3 is 6.18 Å². The number of nitrogens with one attached hydrogen (secondary N) is 1. The number of carbonyl (C=O) groups is 1. The van der Waals surface area contributed by atoms with Crippen LogP contribution in [-0.2, 0) is 6.18 Å². The summed E-state index contributed by atoms with van der Waals surface area (Å²) in [4.78, 5) is 13.7. The van der Waals surface area contributed by atoms with Gasteiger partial charge in [-0.15, -0.1) is 11.3 Å². The van der Waals surface area contributed by atoms with Crippen molar-refractivity contribution in [3.63, 3.8) is 0 Å². The molecular formula is C14H11F3N2OS. The molecule has 0 spiro atoms. The normalized spacial score (nSPS) is 11.8. The Morgan fingerprint density at radius 1 is 1.29 bits per heavy atom. The molecule has 1 aromatic heterocycles. The smallest absolute Gasteiger partial charge is 0.267 e. The fourth-order valence-corrected chi connectivity index (χ4v) is 2.33. The Bertz CT molecular complexity index is 677. The van der Waals surface area contributed by atoms with Gasteiger partial charge in [-0.25, -0.2) is 5.43 Å². The molecule has 0 fully saturated rings. The molecular weight excluding hydrogens is 301 g/mol. The average Bonchev–Trinajstić information content (AvgIpc) is 2.83. The second-order valence-corrected chi connectivity index (χ2v) is 5.55. The zero-order chi connectivity index (χ0) is 15.5. The number of aryl methyl sites for hydroxylation is 1. The summed E-state index contributed by atoms with van der Waals surface area (Å²) in [5.41, 5.74) is 1.24. The number of thiophene rings is 1. The minimum absolute atomic E-state index is 0.0932. The van der Waals surface area contributed by atoms with E-state index in [9.17, 15) is 18.0 Å². The molecule has 2 rings (SSSR count). The Kier molecular flexibility index (Phi) is 4.42. The Morgan fingerprint density at radius 3 is 2.67 bits per heavy atom. The molecule has 0 aliphatic heterocycles. The summed E-state index contributed by atoms with van der Waals surface area (Å²) in [6.07, 6.45) is -3.03. The van der Waals surface area contributed by atoms with Crippen molar-refractivity contribution >= 4 is 23.5 Å². The molecule has 21 heavy (non-hydrogen) atoms. The van der Waals surface area contributed by atoms with Crippen molar-refractivity contribution in [3.8, 4) is 0 Å². The predicted octanol–water partition coefficient (Wildman–Crippen LogP) is 3.84. The summed E-state index contributed by atoms with van der Waals surface area (Å²) in [5.74, 6) is -0.689. The van der Waals surface area contributed by atoms with Gasteiger partial charge in [-0.1, -0.05) is 6.07 Å². The van der Waals surface area contributed by atoms with Crippen LogP contribution in [0.15, 0.2) is 41.5 Å². The van der Waals surface area contributed by atoms with E-state index < -0.39 is 17.6 Å². The standard InChI is InChI=1S/C14H11F3N2OS/c1-9-5-6-12(21-9)8-18-19-13(20)10-3-2-4-11(7-10)14(15,16)17/h2-8H,1H3,(H,19,20)/b18-8-. The SMILES string of the molecule is Cc1ccc(/C=N\NC(=O)c2cccc(C(F)(F)F)c2)s1. The molecule has 1 amide bonds. The van der Waals surface area contributed by atoms with E-state index in [0.717, 1.165) is 21.9 Å². The van der Waals surface area contributed by atoms with Gasteiger partial charge in [-0.05, 0) is 37.3 Å². The topological polar surface area (TPSA) is 41.5 Å². The number of carbonyl (C=O) groups excluding carboxylic acids is 1. The van der Waals surface area contributed by atoms with E-state index in [0.29, 0.717) is 0 Å². The van der Waals surface area contributed by atoms with E-state index in [1.807, 2.05) is 19.1 Å². The maximum Gasteiger partial charge on any atom is 0.416 e. The molecule has 0 aliphatic rings. The van der Waals surface area contributed by atoms with Gasteiger partial charge in [0.15, 0.2) is 0 Å². The second-order valence-electron chi connectivity index (χ2n) is 4.23. The molecule has 1 aromatic carbocycles. The van der Waals surface area contributed by atoms with Crippen LogP contribution >= 0.6 is 11.3 Å². The van der Waals surface area contributed by atoms with Crippen LogP contribution in [0.25, 0.3) is 0 Å². The molecule has 1 N–H and O–H groups in total. The molecule has 0 atom stereocenters. The molecule has 1 heterocycles. The number of rotatable bonds is 3. The summed E-state index contributed by atoms with van der Waals surface area (Å²) in [6, 6.07) is 7.93. The second kappa shape index (κ2) is 6.09. The van der Waals surface area contributed by atoms with E-state index in [2.05, 4.69) is 10.5 Å². The van der Waals surface area contributed by atoms with E-state index in [4.69, 9.17) is 0 Å². The van der Waals surface area contributed by atoms with E-state index in [-0.39, 0.29) is 5.56 Å². The van der Waals surface area contributed by atoms with Crippen molar-refractivity contribution in [1.82, 2.24) is 5.43 Å². The predicted molar refractivity (Wildman–Crippen MR) is 75.6 cm³/mol. The number of alkyl halides is 3. The van der Waals surface area contributed by atoms with E-state index >= 15 is 0 Å². The van der Waals surface area contributed by atoms with Crippen molar-refractivity contribution < 1.29 is 18.0 Å². The number of benzene rings is 1. The molecule has 0 saturated heterocycles. The first kappa shape index (κ1) is 15.2. The maximum atomic E-state index is 12.5. The third-order valence-electron chi connectivity index (χ3n) is 2.57. The average molecular weight is 312 g/mol. The highest BCUT2D eigenvalue weighted by Crippen LogP contribution is 2.29. The van der Waals surface area contributed by atoms with Gasteiger partial charge < -0.3 is 0 Å². The molecule has 2 aromatic rings. The fourth-order valence-electron chi connectivity index (χ4n) is 1.58. The third-order valence-corrected chi connectivity index (χ3v) is 3.51. The highest BCUT2D eigenvalue weighted by atomic mass is 32.1. The number of amides is 1. The van der Waals surface area contributed by atoms with Crippen LogP contribution in [0, 0.1) is 6.92 Å². The van der Waals surface area contributed by atoms with Crippen LogP contribution in [-0.4, -0.2) is 12.1 Å². The lowest BCUT2D eigenvalue weighted by Gasteiger charge is -2.07. The van der Waals surface area contributed by atoms with Crippen molar-refractivity contribution in [2.45, 2.75) is 13.1 Å². The minimum Gasteiger partial charge on any atom is -0.267 e. The summed E-state index contributed by atoms with van der Waals surface area (Å²) in [6.45, 7) is 1.93. The number of hydrogen-bond donors (Lipinski definition) is 1. The first-order valence-corrected chi connectivity index (χ1v) is 6.75. The number of nitrogens with zero attached hydrogens (tertiary/aromatic N) is 1. The number of hydrogen-bond acceptors (Lipinski definition) is 3. The van der Waals surface area contributed by atoms with Crippen molar-refractivity contribution in [1.29, 1.82) is 0 Å². The van der Waals surface area contributed by atoms with Gasteiger partial charge in [0, 0.05) is 15.3 Å². The highest BCUT2D eigenvalue weighted by molar-refractivity contribution is 7.13. The van der Waals surface area contributed by atoms with Gasteiger partial charge in [0.2, 0.25) is 0 Å². The van der Waals surface area contributed by atoms with Gasteiger partial charge in [-0.3, -0.25) is 4.79 Å². The van der Waals surface area contributed by atoms with Crippen LogP contribution in [0.2, 0.25) is 0 Å². The molecule has 0 radical (unpaired) electrons. The Balaban J connectivity index is 2.05. The fraction of sp³-hybridized carbons (Fsp3) is 0.143. The summed E-state index contributed by atoms with van der Waals surface area (Å²) in [7, 11) is 0. The van der Waals surface area contributed by atoms with Gasteiger partial charge in [-0.2, -0.15) is 18.3 Å². The summed E-state index contributed by atoms with van der Waals surface area (Å²) < 4.78 is 37.6. The highest BCUT2D eigenvalue weighted by Gasteiger charge is 2.30. The summed E-state index contributed by atoms with van der Waals surface area (Å²) >= 11 is 1.49. The summed E-state index contributed by atoms with van der Waals surface area (Å²) in [5, 5.41) is 3.73. The third kappa shape index (κ3) is 4.16. The lowest BCUT2D eigenvalue weighted by Crippen LogP contribution is -2.18.